The summed E-state index contributed by atoms with van der Waals surface area (Å²) >= 11 is 6.49. The average molecular weight is 440 g/mol. The van der Waals surface area contributed by atoms with E-state index in [0.717, 1.165) is 5.69 Å². The molecule has 0 aliphatic carbocycles. The van der Waals surface area contributed by atoms with Gasteiger partial charge in [-0.15, -0.1) is 0 Å². The number of hydrogen-bond acceptors (Lipinski definition) is 5. The summed E-state index contributed by atoms with van der Waals surface area (Å²) in [6.07, 6.45) is 0. The summed E-state index contributed by atoms with van der Waals surface area (Å²) < 4.78 is 8.39. The number of rotatable bonds is 6. The van der Waals surface area contributed by atoms with Gasteiger partial charge in [0.15, 0.2) is 5.58 Å². The van der Waals surface area contributed by atoms with Gasteiger partial charge in [-0.25, -0.2) is 9.48 Å². The maximum absolute atomic E-state index is 13.0. The normalized spacial score (nSPS) is 11.4. The number of hydrogen-bond donors (Lipinski definition) is 1. The Morgan fingerprint density at radius 3 is 2.65 bits per heavy atom. The molecule has 0 fully saturated rings. The van der Waals surface area contributed by atoms with Crippen LogP contribution in [0.5, 0.6) is 0 Å². The van der Waals surface area contributed by atoms with Crippen LogP contribution in [0.3, 0.4) is 0 Å². The van der Waals surface area contributed by atoms with Crippen LogP contribution < -0.4 is 11.1 Å². The number of halogens is 1. The maximum Gasteiger partial charge on any atom is 0.419 e. The van der Waals surface area contributed by atoms with Crippen LogP contribution in [0.2, 0.25) is 5.15 Å². The number of carbonyl (C=O) groups is 1. The topological polar surface area (TPSA) is 85.3 Å². The molecule has 0 spiro atoms. The number of para-hydroxylation sites is 1. The van der Waals surface area contributed by atoms with Gasteiger partial charge >= 0.3 is 5.76 Å². The Morgan fingerprint density at radius 1 is 1.19 bits per heavy atom. The van der Waals surface area contributed by atoms with Crippen molar-refractivity contribution in [2.45, 2.75) is 13.5 Å². The van der Waals surface area contributed by atoms with Gasteiger partial charge < -0.3 is 14.6 Å². The molecule has 1 N–H and O–H groups in total. The third kappa shape index (κ3) is 4.12. The fraction of sp³-hybridized carbons (Fsp3) is 0.227. The quantitative estimate of drug-likeness (QED) is 0.496. The predicted molar refractivity (Wildman–Crippen MR) is 120 cm³/mol. The number of nitrogens with one attached hydrogen (secondary N) is 1. The molecule has 160 valence electrons. The van der Waals surface area contributed by atoms with Crippen molar-refractivity contribution in [1.29, 1.82) is 0 Å². The van der Waals surface area contributed by atoms with Gasteiger partial charge in [0.05, 0.1) is 16.9 Å². The number of aromatic nitrogens is 3. The largest absolute Gasteiger partial charge is 0.419 e. The molecule has 0 unspecified atom stereocenters. The number of nitrogens with zero attached hydrogens (tertiary/aromatic N) is 4. The van der Waals surface area contributed by atoms with Gasteiger partial charge in [-0.3, -0.25) is 9.36 Å². The van der Waals surface area contributed by atoms with Gasteiger partial charge in [0.1, 0.15) is 10.7 Å². The molecule has 31 heavy (non-hydrogen) atoms. The highest BCUT2D eigenvalue weighted by Gasteiger charge is 2.21. The second-order valence-corrected chi connectivity index (χ2v) is 7.82. The Hall–Kier alpha value is -3.36. The van der Waals surface area contributed by atoms with E-state index in [4.69, 9.17) is 16.0 Å². The van der Waals surface area contributed by atoms with Gasteiger partial charge in [-0.05, 0) is 51.4 Å². The van der Waals surface area contributed by atoms with Crippen LogP contribution in [-0.2, 0) is 6.54 Å². The van der Waals surface area contributed by atoms with Crippen LogP contribution in [0.4, 0.5) is 5.69 Å². The lowest BCUT2D eigenvalue weighted by atomic mass is 10.2. The second-order valence-electron chi connectivity index (χ2n) is 7.46. The standard InChI is InChI=1S/C22H22ClN5O3/c1-14-19(20(23)28(25-14)16-7-5-4-6-8-16)21(29)24-15-9-10-18-17(13-15)27(22(30)31-18)12-11-26(2)3/h4-10,13H,11-12H2,1-3H3,(H,24,29). The number of anilines is 1. The Morgan fingerprint density at radius 2 is 1.94 bits per heavy atom. The zero-order valence-corrected chi connectivity index (χ0v) is 18.2. The third-order valence-electron chi connectivity index (χ3n) is 4.93. The first-order valence-corrected chi connectivity index (χ1v) is 10.1. The highest BCUT2D eigenvalue weighted by Crippen LogP contribution is 2.25. The van der Waals surface area contributed by atoms with Crippen LogP contribution in [0.15, 0.2) is 57.7 Å². The molecule has 2 heterocycles. The van der Waals surface area contributed by atoms with E-state index in [9.17, 15) is 9.59 Å². The van der Waals surface area contributed by atoms with E-state index in [1.165, 1.54) is 4.68 Å². The van der Waals surface area contributed by atoms with Crippen LogP contribution in [0.1, 0.15) is 16.1 Å². The van der Waals surface area contributed by atoms with Crippen molar-refractivity contribution in [3.8, 4) is 5.69 Å². The fourth-order valence-electron chi connectivity index (χ4n) is 3.34. The van der Waals surface area contributed by atoms with Gasteiger partial charge in [0.25, 0.3) is 5.91 Å². The van der Waals surface area contributed by atoms with E-state index in [1.54, 1.807) is 29.7 Å². The summed E-state index contributed by atoms with van der Waals surface area (Å²) in [4.78, 5) is 27.2. The Kier molecular flexibility index (Phi) is 5.67. The van der Waals surface area contributed by atoms with Crippen molar-refractivity contribution in [3.63, 3.8) is 0 Å². The number of amides is 1. The van der Waals surface area contributed by atoms with E-state index in [2.05, 4.69) is 10.4 Å². The Labute approximate surface area is 183 Å². The Balaban J connectivity index is 1.64. The predicted octanol–water partition coefficient (Wildman–Crippen LogP) is 3.56. The third-order valence-corrected chi connectivity index (χ3v) is 5.28. The molecular weight excluding hydrogens is 418 g/mol. The summed E-state index contributed by atoms with van der Waals surface area (Å²) in [5.74, 6) is -0.807. The van der Waals surface area contributed by atoms with Crippen LogP contribution in [-0.4, -0.2) is 45.8 Å². The van der Waals surface area contributed by atoms with Crippen molar-refractivity contribution < 1.29 is 9.21 Å². The Bertz CT molecular complexity index is 1300. The van der Waals surface area contributed by atoms with E-state index < -0.39 is 5.76 Å². The van der Waals surface area contributed by atoms with Crippen molar-refractivity contribution in [1.82, 2.24) is 19.2 Å². The number of carbonyl (C=O) groups excluding carboxylic acids is 1. The van der Waals surface area contributed by atoms with Crippen molar-refractivity contribution in [2.75, 3.05) is 26.0 Å². The molecule has 2 aromatic carbocycles. The second kappa shape index (κ2) is 8.41. The van der Waals surface area contributed by atoms with Gasteiger partial charge in [0, 0.05) is 18.8 Å². The van der Waals surface area contributed by atoms with E-state index >= 15 is 0 Å². The lowest BCUT2D eigenvalue weighted by Crippen LogP contribution is -2.23. The summed E-state index contributed by atoms with van der Waals surface area (Å²) in [6.45, 7) is 2.89. The fourth-order valence-corrected chi connectivity index (χ4v) is 3.70. The number of likely N-dealkylation sites (N-methyl/N-ethyl adjacent to an activating group) is 1. The molecule has 8 nitrogen and oxygen atoms in total. The molecule has 9 heteroatoms. The van der Waals surface area contributed by atoms with Crippen molar-refractivity contribution >= 4 is 34.3 Å². The molecule has 0 radical (unpaired) electrons. The molecule has 0 bridgehead atoms. The highest BCUT2D eigenvalue weighted by atomic mass is 35.5. The minimum absolute atomic E-state index is 0.230. The van der Waals surface area contributed by atoms with Crippen LogP contribution >= 0.6 is 11.6 Å². The first kappa shape index (κ1) is 20.9. The molecule has 2 aromatic heterocycles. The van der Waals surface area contributed by atoms with Gasteiger partial charge in [-0.2, -0.15) is 5.10 Å². The summed E-state index contributed by atoms with van der Waals surface area (Å²) in [7, 11) is 3.86. The summed E-state index contributed by atoms with van der Waals surface area (Å²) in [6, 6.07) is 14.4. The number of fused-ring (bicyclic) bond motifs is 1. The molecule has 4 rings (SSSR count). The molecular formula is C22H22ClN5O3. The molecule has 1 amide bonds. The average Bonchev–Trinajstić information content (AvgIpc) is 3.21. The SMILES string of the molecule is Cc1nn(-c2ccccc2)c(Cl)c1C(=O)Nc1ccc2oc(=O)n(CCN(C)C)c2c1. The zero-order chi connectivity index (χ0) is 22.1. The van der Waals surface area contributed by atoms with E-state index in [0.29, 0.717) is 41.1 Å². The van der Waals surface area contributed by atoms with Crippen molar-refractivity contribution in [3.05, 3.63) is 75.5 Å². The number of aryl methyl sites for hydroxylation is 1. The number of oxazole rings is 1. The number of benzene rings is 2. The van der Waals surface area contributed by atoms with Gasteiger partial charge in [0.2, 0.25) is 0 Å². The minimum atomic E-state index is -0.427. The molecule has 0 aliphatic heterocycles. The lowest BCUT2D eigenvalue weighted by Gasteiger charge is -2.10. The smallest absolute Gasteiger partial charge is 0.408 e. The molecule has 4 aromatic rings. The zero-order valence-electron chi connectivity index (χ0n) is 17.4. The van der Waals surface area contributed by atoms with Gasteiger partial charge in [-0.1, -0.05) is 29.8 Å². The minimum Gasteiger partial charge on any atom is -0.408 e. The summed E-state index contributed by atoms with van der Waals surface area (Å²) in [5, 5.41) is 7.49. The lowest BCUT2D eigenvalue weighted by molar-refractivity contribution is 0.102. The first-order chi connectivity index (χ1) is 14.8. The first-order valence-electron chi connectivity index (χ1n) is 9.75. The summed E-state index contributed by atoms with van der Waals surface area (Å²) in [5.41, 5.74) is 3.18. The van der Waals surface area contributed by atoms with E-state index in [-0.39, 0.29) is 11.1 Å². The van der Waals surface area contributed by atoms with Crippen LogP contribution in [0, 0.1) is 6.92 Å². The highest BCUT2D eigenvalue weighted by molar-refractivity contribution is 6.34. The monoisotopic (exact) mass is 439 g/mol. The maximum atomic E-state index is 13.0. The molecule has 0 aliphatic rings. The molecule has 0 atom stereocenters. The molecule has 0 saturated heterocycles. The van der Waals surface area contributed by atoms with Crippen molar-refractivity contribution in [2.24, 2.45) is 0 Å². The van der Waals surface area contributed by atoms with Crippen LogP contribution in [0.25, 0.3) is 16.8 Å². The van der Waals surface area contributed by atoms with E-state index in [1.807, 2.05) is 49.3 Å². The molecule has 0 saturated carbocycles.